The third kappa shape index (κ3) is 2.54. The second kappa shape index (κ2) is 4.68. The summed E-state index contributed by atoms with van der Waals surface area (Å²) < 4.78 is 28.8. The van der Waals surface area contributed by atoms with E-state index in [0.29, 0.717) is 5.69 Å². The van der Waals surface area contributed by atoms with Gasteiger partial charge in [-0.3, -0.25) is 0 Å². The van der Waals surface area contributed by atoms with E-state index in [2.05, 4.69) is 22.6 Å². The molecule has 0 spiro atoms. The molecule has 17 heavy (non-hydrogen) atoms. The molecular weight excluding hydrogens is 355 g/mol. The SMILES string of the molecule is CCC(F)(F)Cc1c(I)sc2c(N)cccc12. The van der Waals surface area contributed by atoms with Gasteiger partial charge in [0.25, 0.3) is 5.92 Å². The number of hydrogen-bond acceptors (Lipinski definition) is 2. The first-order valence-corrected chi connectivity index (χ1v) is 7.17. The van der Waals surface area contributed by atoms with Gasteiger partial charge in [-0.25, -0.2) is 8.78 Å². The van der Waals surface area contributed by atoms with Crippen LogP contribution in [-0.4, -0.2) is 5.92 Å². The molecule has 0 amide bonds. The van der Waals surface area contributed by atoms with E-state index in [-0.39, 0.29) is 12.8 Å². The van der Waals surface area contributed by atoms with Crippen LogP contribution in [0.5, 0.6) is 0 Å². The number of nitrogen functional groups attached to an aromatic ring is 1. The van der Waals surface area contributed by atoms with E-state index in [0.717, 1.165) is 18.5 Å². The van der Waals surface area contributed by atoms with Gasteiger partial charge in [0.15, 0.2) is 0 Å². The maximum atomic E-state index is 13.5. The lowest BCUT2D eigenvalue weighted by atomic mass is 10.0. The van der Waals surface area contributed by atoms with Crippen molar-refractivity contribution in [2.75, 3.05) is 5.73 Å². The molecule has 0 aliphatic heterocycles. The molecule has 5 heteroatoms. The first-order valence-electron chi connectivity index (χ1n) is 5.28. The number of anilines is 1. The maximum Gasteiger partial charge on any atom is 0.251 e. The molecule has 0 unspecified atom stereocenters. The predicted molar refractivity (Wildman–Crippen MR) is 77.9 cm³/mol. The van der Waals surface area contributed by atoms with Crippen LogP contribution in [0, 0.1) is 2.88 Å². The van der Waals surface area contributed by atoms with Crippen molar-refractivity contribution in [3.8, 4) is 0 Å². The molecule has 0 atom stereocenters. The van der Waals surface area contributed by atoms with Crippen molar-refractivity contribution in [2.45, 2.75) is 25.7 Å². The smallest absolute Gasteiger partial charge is 0.251 e. The van der Waals surface area contributed by atoms with E-state index in [1.54, 1.807) is 6.07 Å². The Morgan fingerprint density at radius 1 is 1.41 bits per heavy atom. The Hall–Kier alpha value is -0.430. The van der Waals surface area contributed by atoms with Crippen LogP contribution >= 0.6 is 33.9 Å². The van der Waals surface area contributed by atoms with Crippen molar-refractivity contribution < 1.29 is 8.78 Å². The summed E-state index contributed by atoms with van der Waals surface area (Å²) in [7, 11) is 0. The lowest BCUT2D eigenvalue weighted by Crippen LogP contribution is -2.18. The lowest BCUT2D eigenvalue weighted by molar-refractivity contribution is -0.00196. The molecule has 0 bridgehead atoms. The minimum absolute atomic E-state index is 0.136. The van der Waals surface area contributed by atoms with E-state index in [1.165, 1.54) is 18.3 Å². The monoisotopic (exact) mass is 367 g/mol. The van der Waals surface area contributed by atoms with E-state index < -0.39 is 5.92 Å². The number of rotatable bonds is 3. The van der Waals surface area contributed by atoms with Gasteiger partial charge in [0, 0.05) is 18.5 Å². The van der Waals surface area contributed by atoms with Crippen LogP contribution in [0.2, 0.25) is 0 Å². The van der Waals surface area contributed by atoms with E-state index in [1.807, 2.05) is 12.1 Å². The van der Waals surface area contributed by atoms with Crippen molar-refractivity contribution >= 4 is 49.7 Å². The standard InChI is InChI=1S/C12H12F2INS/c1-2-12(13,14)6-8-7-4-3-5-9(16)10(7)17-11(8)15/h3-5H,2,6,16H2,1H3. The normalized spacial score (nSPS) is 12.2. The summed E-state index contributed by atoms with van der Waals surface area (Å²) in [6, 6.07) is 5.48. The summed E-state index contributed by atoms with van der Waals surface area (Å²) in [5.41, 5.74) is 7.24. The number of hydrogen-bond donors (Lipinski definition) is 1. The van der Waals surface area contributed by atoms with E-state index >= 15 is 0 Å². The highest BCUT2D eigenvalue weighted by Crippen LogP contribution is 2.39. The third-order valence-corrected chi connectivity index (χ3v) is 5.15. The summed E-state index contributed by atoms with van der Waals surface area (Å²) in [6.07, 6.45) is -0.339. The minimum atomic E-state index is -2.64. The van der Waals surface area contributed by atoms with Gasteiger partial charge in [0.05, 0.1) is 7.58 Å². The van der Waals surface area contributed by atoms with Crippen molar-refractivity contribution in [1.82, 2.24) is 0 Å². The number of thiophene rings is 1. The highest BCUT2D eigenvalue weighted by Gasteiger charge is 2.29. The van der Waals surface area contributed by atoms with Gasteiger partial charge < -0.3 is 5.73 Å². The molecule has 0 radical (unpaired) electrons. The molecule has 0 saturated carbocycles. The molecule has 2 rings (SSSR count). The Bertz CT molecular complexity index is 551. The Balaban J connectivity index is 2.54. The van der Waals surface area contributed by atoms with Crippen molar-refractivity contribution in [3.63, 3.8) is 0 Å². The molecule has 0 fully saturated rings. The fourth-order valence-electron chi connectivity index (χ4n) is 1.71. The van der Waals surface area contributed by atoms with Crippen LogP contribution < -0.4 is 5.73 Å². The average Bonchev–Trinajstić information content (AvgIpc) is 2.58. The van der Waals surface area contributed by atoms with Gasteiger partial charge >= 0.3 is 0 Å². The van der Waals surface area contributed by atoms with Crippen molar-refractivity contribution in [3.05, 3.63) is 26.6 Å². The molecule has 1 aromatic carbocycles. The van der Waals surface area contributed by atoms with Gasteiger partial charge in [-0.05, 0) is 39.6 Å². The van der Waals surface area contributed by atoms with Gasteiger partial charge in [-0.15, -0.1) is 11.3 Å². The summed E-state index contributed by atoms with van der Waals surface area (Å²) in [4.78, 5) is 0. The number of benzene rings is 1. The molecular formula is C12H12F2INS. The molecule has 2 N–H and O–H groups in total. The zero-order chi connectivity index (χ0) is 12.6. The topological polar surface area (TPSA) is 26.0 Å². The zero-order valence-electron chi connectivity index (χ0n) is 9.27. The largest absolute Gasteiger partial charge is 0.398 e. The summed E-state index contributed by atoms with van der Waals surface area (Å²) >= 11 is 3.60. The lowest BCUT2D eigenvalue weighted by Gasteiger charge is -2.13. The number of alkyl halides is 2. The Kier molecular flexibility index (Phi) is 3.58. The molecule has 0 saturated heterocycles. The molecule has 1 nitrogen and oxygen atoms in total. The second-order valence-corrected chi connectivity index (χ2v) is 6.80. The number of halogens is 3. The van der Waals surface area contributed by atoms with Crippen LogP contribution in [0.3, 0.4) is 0 Å². The quantitative estimate of drug-likeness (QED) is 0.619. The summed E-state index contributed by atoms with van der Waals surface area (Å²) in [5, 5.41) is 0.868. The van der Waals surface area contributed by atoms with E-state index in [9.17, 15) is 8.78 Å². The Morgan fingerprint density at radius 2 is 2.12 bits per heavy atom. The van der Waals surface area contributed by atoms with Gasteiger partial charge in [0.1, 0.15) is 0 Å². The molecule has 0 aliphatic rings. The average molecular weight is 367 g/mol. The van der Waals surface area contributed by atoms with Crippen LogP contribution in [0.15, 0.2) is 18.2 Å². The molecule has 0 aliphatic carbocycles. The first kappa shape index (κ1) is 13.0. The van der Waals surface area contributed by atoms with Crippen LogP contribution in [0.1, 0.15) is 18.9 Å². The third-order valence-electron chi connectivity index (χ3n) is 2.75. The number of nitrogens with two attached hydrogens (primary N) is 1. The first-order chi connectivity index (χ1) is 7.94. The van der Waals surface area contributed by atoms with Gasteiger partial charge in [-0.1, -0.05) is 19.1 Å². The molecule has 1 heterocycles. The summed E-state index contributed by atoms with van der Waals surface area (Å²) in [6.45, 7) is 1.51. The van der Waals surface area contributed by atoms with Crippen LogP contribution in [0.4, 0.5) is 14.5 Å². The maximum absolute atomic E-state index is 13.5. The fraction of sp³-hybridized carbons (Fsp3) is 0.333. The fourth-order valence-corrected chi connectivity index (χ4v) is 3.83. The molecule has 2 aromatic rings. The van der Waals surface area contributed by atoms with Crippen LogP contribution in [0.25, 0.3) is 10.1 Å². The second-order valence-electron chi connectivity index (χ2n) is 3.96. The number of fused-ring (bicyclic) bond motifs is 1. The minimum Gasteiger partial charge on any atom is -0.398 e. The van der Waals surface area contributed by atoms with Crippen LogP contribution in [-0.2, 0) is 6.42 Å². The van der Waals surface area contributed by atoms with Crippen molar-refractivity contribution in [1.29, 1.82) is 0 Å². The predicted octanol–water partition coefficient (Wildman–Crippen LogP) is 4.68. The van der Waals surface area contributed by atoms with E-state index in [4.69, 9.17) is 5.73 Å². The molecule has 92 valence electrons. The highest BCUT2D eigenvalue weighted by atomic mass is 127. The summed E-state index contributed by atoms with van der Waals surface area (Å²) in [5.74, 6) is -2.64. The van der Waals surface area contributed by atoms with Crippen molar-refractivity contribution in [2.24, 2.45) is 0 Å². The molecule has 1 aromatic heterocycles. The van der Waals surface area contributed by atoms with Gasteiger partial charge in [0.2, 0.25) is 0 Å². The van der Waals surface area contributed by atoms with Gasteiger partial charge in [-0.2, -0.15) is 0 Å². The Labute approximate surface area is 116 Å². The highest BCUT2D eigenvalue weighted by molar-refractivity contribution is 14.1. The Morgan fingerprint density at radius 3 is 2.76 bits per heavy atom. The zero-order valence-corrected chi connectivity index (χ0v) is 12.2.